The highest BCUT2D eigenvalue weighted by Crippen LogP contribution is 2.22. The second kappa shape index (κ2) is 5.85. The van der Waals surface area contributed by atoms with E-state index in [1.165, 1.54) is 11.1 Å². The molecule has 0 saturated heterocycles. The van der Waals surface area contributed by atoms with Gasteiger partial charge in [0, 0.05) is 6.54 Å². The van der Waals surface area contributed by atoms with Gasteiger partial charge in [-0.1, -0.05) is 45.0 Å². The lowest BCUT2D eigenvalue weighted by atomic mass is 9.86. The summed E-state index contributed by atoms with van der Waals surface area (Å²) in [6.45, 7) is 11.9. The van der Waals surface area contributed by atoms with Gasteiger partial charge in [-0.15, -0.1) is 0 Å². The van der Waals surface area contributed by atoms with Gasteiger partial charge in [-0.3, -0.25) is 0 Å². The largest absolute Gasteiger partial charge is 0.389 e. The molecule has 2 heteroatoms. The molecule has 0 aliphatic heterocycles. The van der Waals surface area contributed by atoms with E-state index < -0.39 is 5.60 Å². The first-order chi connectivity index (χ1) is 8.18. The first-order valence-corrected chi connectivity index (χ1v) is 6.71. The van der Waals surface area contributed by atoms with Gasteiger partial charge in [-0.2, -0.15) is 0 Å². The van der Waals surface area contributed by atoms with Gasteiger partial charge < -0.3 is 10.4 Å². The molecule has 1 rings (SSSR count). The lowest BCUT2D eigenvalue weighted by Crippen LogP contribution is -2.35. The Hall–Kier alpha value is -0.860. The Labute approximate surface area is 111 Å². The summed E-state index contributed by atoms with van der Waals surface area (Å²) in [7, 11) is 0. The van der Waals surface area contributed by atoms with Crippen molar-refractivity contribution in [1.82, 2.24) is 5.32 Å². The number of hydrogen-bond donors (Lipinski definition) is 2. The molecule has 0 aliphatic carbocycles. The van der Waals surface area contributed by atoms with Crippen molar-refractivity contribution in [3.8, 4) is 0 Å². The summed E-state index contributed by atoms with van der Waals surface area (Å²) < 4.78 is 0. The normalized spacial score (nSPS) is 12.8. The Bertz CT molecular complexity index is 354. The molecule has 18 heavy (non-hydrogen) atoms. The number of rotatable bonds is 5. The van der Waals surface area contributed by atoms with E-state index in [9.17, 15) is 5.11 Å². The van der Waals surface area contributed by atoms with Gasteiger partial charge in [0.1, 0.15) is 0 Å². The van der Waals surface area contributed by atoms with Crippen molar-refractivity contribution in [2.24, 2.45) is 0 Å². The van der Waals surface area contributed by atoms with Gasteiger partial charge in [0.25, 0.3) is 0 Å². The molecule has 0 bridgehead atoms. The summed E-state index contributed by atoms with van der Waals surface area (Å²) in [5.41, 5.74) is 2.30. The molecule has 1 aromatic rings. The maximum Gasteiger partial charge on any atom is 0.0715 e. The molecule has 1 aromatic carbocycles. The molecular weight excluding hydrogens is 222 g/mol. The van der Waals surface area contributed by atoms with E-state index >= 15 is 0 Å². The van der Waals surface area contributed by atoms with Crippen LogP contribution in [0, 0.1) is 0 Å². The van der Waals surface area contributed by atoms with Gasteiger partial charge in [0.15, 0.2) is 0 Å². The Kier molecular flexibility index (Phi) is 4.94. The first-order valence-electron chi connectivity index (χ1n) is 6.71. The predicted molar refractivity (Wildman–Crippen MR) is 78.0 cm³/mol. The highest BCUT2D eigenvalue weighted by Gasteiger charge is 2.13. The van der Waals surface area contributed by atoms with Crippen LogP contribution in [0.4, 0.5) is 0 Å². The molecule has 2 N–H and O–H groups in total. The molecule has 2 nitrogen and oxygen atoms in total. The minimum Gasteiger partial charge on any atom is -0.389 e. The highest BCUT2D eigenvalue weighted by atomic mass is 16.3. The van der Waals surface area contributed by atoms with Gasteiger partial charge in [-0.05, 0) is 43.4 Å². The van der Waals surface area contributed by atoms with Crippen molar-refractivity contribution in [3.63, 3.8) is 0 Å². The smallest absolute Gasteiger partial charge is 0.0715 e. The molecule has 0 saturated carbocycles. The van der Waals surface area contributed by atoms with Crippen LogP contribution in [-0.2, 0) is 11.8 Å². The lowest BCUT2D eigenvalue weighted by Gasteiger charge is -2.19. The zero-order chi connectivity index (χ0) is 13.8. The Morgan fingerprint density at radius 1 is 1.00 bits per heavy atom. The van der Waals surface area contributed by atoms with Crippen molar-refractivity contribution in [1.29, 1.82) is 0 Å². The molecule has 0 aromatic heterocycles. The van der Waals surface area contributed by atoms with Crippen molar-refractivity contribution in [2.75, 3.05) is 13.1 Å². The average Bonchev–Trinajstić information content (AvgIpc) is 2.22. The third-order valence-corrected chi connectivity index (χ3v) is 2.97. The van der Waals surface area contributed by atoms with Crippen molar-refractivity contribution < 1.29 is 5.11 Å². The summed E-state index contributed by atoms with van der Waals surface area (Å²) in [6.07, 6.45) is 1.00. The lowest BCUT2D eigenvalue weighted by molar-refractivity contribution is 0.0801. The molecule has 0 atom stereocenters. The predicted octanol–water partition coefficient (Wildman–Crippen LogP) is 2.89. The maximum atomic E-state index is 9.58. The molecule has 0 spiro atoms. The van der Waals surface area contributed by atoms with Crippen LogP contribution in [0.3, 0.4) is 0 Å². The third kappa shape index (κ3) is 5.65. The minimum absolute atomic E-state index is 0.220. The van der Waals surface area contributed by atoms with Crippen LogP contribution in [0.5, 0.6) is 0 Å². The van der Waals surface area contributed by atoms with E-state index in [-0.39, 0.29) is 5.41 Å². The Morgan fingerprint density at radius 2 is 1.56 bits per heavy atom. The monoisotopic (exact) mass is 249 g/mol. The van der Waals surface area contributed by atoms with Gasteiger partial charge in [0.2, 0.25) is 0 Å². The fourth-order valence-corrected chi connectivity index (χ4v) is 1.80. The summed E-state index contributed by atoms with van der Waals surface area (Å²) in [5, 5.41) is 12.8. The molecule has 0 aliphatic rings. The minimum atomic E-state index is -0.629. The van der Waals surface area contributed by atoms with Crippen molar-refractivity contribution >= 4 is 0 Å². The summed E-state index contributed by atoms with van der Waals surface area (Å²) in [5.74, 6) is 0. The first kappa shape index (κ1) is 15.2. The summed E-state index contributed by atoms with van der Waals surface area (Å²) in [6, 6.07) is 8.83. The van der Waals surface area contributed by atoms with E-state index in [0.717, 1.165) is 13.0 Å². The van der Waals surface area contributed by atoms with Gasteiger partial charge in [0.05, 0.1) is 5.60 Å². The third-order valence-electron chi connectivity index (χ3n) is 2.97. The van der Waals surface area contributed by atoms with Crippen LogP contribution in [0.25, 0.3) is 0 Å². The second-order valence-electron chi connectivity index (χ2n) is 6.69. The Morgan fingerprint density at radius 3 is 2.00 bits per heavy atom. The van der Waals surface area contributed by atoms with Gasteiger partial charge >= 0.3 is 0 Å². The van der Waals surface area contributed by atoms with Crippen LogP contribution < -0.4 is 5.32 Å². The molecule has 0 radical (unpaired) electrons. The number of aliphatic hydroxyl groups is 1. The van der Waals surface area contributed by atoms with Crippen molar-refractivity contribution in [3.05, 3.63) is 35.4 Å². The number of benzene rings is 1. The van der Waals surface area contributed by atoms with Crippen LogP contribution in [0.1, 0.15) is 45.7 Å². The van der Waals surface area contributed by atoms with E-state index in [4.69, 9.17) is 0 Å². The highest BCUT2D eigenvalue weighted by molar-refractivity contribution is 5.27. The zero-order valence-corrected chi connectivity index (χ0v) is 12.4. The van der Waals surface area contributed by atoms with E-state index in [1.807, 2.05) is 13.8 Å². The molecule has 0 fully saturated rings. The van der Waals surface area contributed by atoms with Crippen LogP contribution in [0.15, 0.2) is 24.3 Å². The summed E-state index contributed by atoms with van der Waals surface area (Å²) in [4.78, 5) is 0. The standard InChI is InChI=1S/C16H27NO/c1-15(2,3)14-8-6-13(7-9-14)10-11-17-12-16(4,5)18/h6-9,17-18H,10-12H2,1-5H3. The SMILES string of the molecule is CC(C)(O)CNCCc1ccc(C(C)(C)C)cc1. The zero-order valence-electron chi connectivity index (χ0n) is 12.4. The second-order valence-corrected chi connectivity index (χ2v) is 6.69. The topological polar surface area (TPSA) is 32.3 Å². The van der Waals surface area contributed by atoms with Crippen LogP contribution in [0.2, 0.25) is 0 Å². The fourth-order valence-electron chi connectivity index (χ4n) is 1.80. The molecule has 0 heterocycles. The van der Waals surface area contributed by atoms with E-state index in [0.29, 0.717) is 6.54 Å². The molecular formula is C16H27NO. The molecule has 102 valence electrons. The average molecular weight is 249 g/mol. The number of nitrogens with one attached hydrogen (secondary N) is 1. The fraction of sp³-hybridized carbons (Fsp3) is 0.625. The quantitative estimate of drug-likeness (QED) is 0.786. The Balaban J connectivity index is 2.41. The maximum absolute atomic E-state index is 9.58. The number of hydrogen-bond acceptors (Lipinski definition) is 2. The van der Waals surface area contributed by atoms with E-state index in [1.54, 1.807) is 0 Å². The summed E-state index contributed by atoms with van der Waals surface area (Å²) >= 11 is 0. The molecule has 0 unspecified atom stereocenters. The van der Waals surface area contributed by atoms with Crippen LogP contribution in [-0.4, -0.2) is 23.8 Å². The van der Waals surface area contributed by atoms with Crippen LogP contribution >= 0.6 is 0 Å². The van der Waals surface area contributed by atoms with Gasteiger partial charge in [-0.25, -0.2) is 0 Å². The van der Waals surface area contributed by atoms with E-state index in [2.05, 4.69) is 50.4 Å². The molecule has 0 amide bonds. The van der Waals surface area contributed by atoms with Crippen molar-refractivity contribution in [2.45, 2.75) is 52.1 Å².